The lowest BCUT2D eigenvalue weighted by atomic mass is 10.2. The molecule has 15 heavy (non-hydrogen) atoms. The number of carbonyl (C=O) groups is 1. The highest BCUT2D eigenvalue weighted by Gasteiger charge is 2.08. The molecule has 0 spiro atoms. The molecule has 0 amide bonds. The first kappa shape index (κ1) is 11.6. The number of carboxylic acid groups (broad SMARTS) is 1. The van der Waals surface area contributed by atoms with E-state index in [0.29, 0.717) is 25.3 Å². The predicted octanol–water partition coefficient (Wildman–Crippen LogP) is 1.55. The zero-order valence-electron chi connectivity index (χ0n) is 8.56. The number of rotatable bonds is 6. The Morgan fingerprint density at radius 1 is 1.60 bits per heavy atom. The van der Waals surface area contributed by atoms with E-state index >= 15 is 0 Å². The number of hydrogen-bond acceptors (Lipinski definition) is 4. The number of anilines is 1. The lowest BCUT2D eigenvalue weighted by molar-refractivity contribution is 0.0663. The van der Waals surface area contributed by atoms with Gasteiger partial charge in [0.1, 0.15) is 0 Å². The number of aliphatic hydroxyl groups is 1. The third-order valence-corrected chi connectivity index (χ3v) is 2.06. The third-order valence-electron chi connectivity index (χ3n) is 2.06. The monoisotopic (exact) mass is 213 g/mol. The van der Waals surface area contributed by atoms with Crippen LogP contribution < -0.4 is 5.32 Å². The molecule has 0 bridgehead atoms. The quantitative estimate of drug-likeness (QED) is 0.667. The van der Waals surface area contributed by atoms with Crippen molar-refractivity contribution >= 4 is 11.9 Å². The molecule has 1 atom stereocenters. The largest absolute Gasteiger partial charge is 0.475 e. The number of nitrogens with one attached hydrogen (secondary N) is 1. The molecule has 1 heterocycles. The summed E-state index contributed by atoms with van der Waals surface area (Å²) in [6.07, 6.45) is 0.992. The van der Waals surface area contributed by atoms with Crippen molar-refractivity contribution in [3.05, 3.63) is 17.9 Å². The molecule has 0 fully saturated rings. The standard InChI is InChI=1S/C10H15NO4/c1-2-7(12)5-6-11-9-4-3-8(15-9)10(13)14/h3-4,7,11-12H,2,5-6H2,1H3,(H,13,14). The maximum absolute atomic E-state index is 10.5. The third kappa shape index (κ3) is 3.63. The van der Waals surface area contributed by atoms with Crippen LogP contribution in [0.25, 0.3) is 0 Å². The Bertz CT molecular complexity index is 321. The Labute approximate surface area is 87.7 Å². The van der Waals surface area contributed by atoms with Gasteiger partial charge in [-0.1, -0.05) is 6.92 Å². The highest BCUT2D eigenvalue weighted by atomic mass is 16.4. The molecule has 0 aliphatic heterocycles. The summed E-state index contributed by atoms with van der Waals surface area (Å²) in [5.41, 5.74) is 0. The number of aliphatic hydroxyl groups excluding tert-OH is 1. The minimum atomic E-state index is -1.09. The molecule has 0 aliphatic rings. The SMILES string of the molecule is CCC(O)CCNc1ccc(C(=O)O)o1. The van der Waals surface area contributed by atoms with Crippen molar-refractivity contribution in [2.24, 2.45) is 0 Å². The lowest BCUT2D eigenvalue weighted by Gasteiger charge is -2.07. The van der Waals surface area contributed by atoms with E-state index in [1.54, 1.807) is 6.07 Å². The van der Waals surface area contributed by atoms with Crippen molar-refractivity contribution in [3.63, 3.8) is 0 Å². The molecule has 3 N–H and O–H groups in total. The number of carboxylic acids is 1. The zero-order chi connectivity index (χ0) is 11.3. The summed E-state index contributed by atoms with van der Waals surface area (Å²) >= 11 is 0. The van der Waals surface area contributed by atoms with Crippen molar-refractivity contribution in [1.29, 1.82) is 0 Å². The minimum absolute atomic E-state index is 0.0893. The van der Waals surface area contributed by atoms with Gasteiger partial charge in [0.05, 0.1) is 6.10 Å². The van der Waals surface area contributed by atoms with Gasteiger partial charge in [0, 0.05) is 12.6 Å². The van der Waals surface area contributed by atoms with E-state index in [1.807, 2.05) is 6.92 Å². The van der Waals surface area contributed by atoms with Gasteiger partial charge in [-0.3, -0.25) is 0 Å². The highest BCUT2D eigenvalue weighted by molar-refractivity contribution is 5.84. The topological polar surface area (TPSA) is 82.7 Å². The fourth-order valence-corrected chi connectivity index (χ4v) is 1.11. The summed E-state index contributed by atoms with van der Waals surface area (Å²) in [7, 11) is 0. The van der Waals surface area contributed by atoms with Gasteiger partial charge in [0.15, 0.2) is 5.88 Å². The summed E-state index contributed by atoms with van der Waals surface area (Å²) in [6.45, 7) is 2.46. The van der Waals surface area contributed by atoms with Gasteiger partial charge in [-0.15, -0.1) is 0 Å². The summed E-state index contributed by atoms with van der Waals surface area (Å²) in [6, 6.07) is 2.95. The van der Waals surface area contributed by atoms with Crippen LogP contribution in [0.15, 0.2) is 16.5 Å². The summed E-state index contributed by atoms with van der Waals surface area (Å²) < 4.78 is 4.97. The predicted molar refractivity (Wildman–Crippen MR) is 55.1 cm³/mol. The highest BCUT2D eigenvalue weighted by Crippen LogP contribution is 2.13. The molecule has 1 rings (SSSR count). The maximum atomic E-state index is 10.5. The van der Waals surface area contributed by atoms with E-state index < -0.39 is 5.97 Å². The van der Waals surface area contributed by atoms with E-state index in [9.17, 15) is 9.90 Å². The molecule has 0 saturated carbocycles. The summed E-state index contributed by atoms with van der Waals surface area (Å²) in [4.78, 5) is 10.5. The van der Waals surface area contributed by atoms with Crippen LogP contribution in [0.5, 0.6) is 0 Å². The molecule has 1 unspecified atom stereocenters. The molecule has 0 aliphatic carbocycles. The molecule has 1 aromatic heterocycles. The van der Waals surface area contributed by atoms with Crippen LogP contribution >= 0.6 is 0 Å². The molecule has 0 aromatic carbocycles. The van der Waals surface area contributed by atoms with E-state index in [0.717, 1.165) is 0 Å². The van der Waals surface area contributed by atoms with Crippen LogP contribution in [0.4, 0.5) is 5.88 Å². The molecule has 84 valence electrons. The molecular weight excluding hydrogens is 198 g/mol. The molecule has 0 radical (unpaired) electrons. The molecule has 0 saturated heterocycles. The first-order chi connectivity index (χ1) is 7.13. The molecular formula is C10H15NO4. The summed E-state index contributed by atoms with van der Waals surface area (Å²) in [5, 5.41) is 20.7. The smallest absolute Gasteiger partial charge is 0.371 e. The fourth-order valence-electron chi connectivity index (χ4n) is 1.11. The second-order valence-corrected chi connectivity index (χ2v) is 3.25. The van der Waals surface area contributed by atoms with Crippen LogP contribution in [-0.4, -0.2) is 28.8 Å². The van der Waals surface area contributed by atoms with Crippen LogP contribution in [-0.2, 0) is 0 Å². The van der Waals surface area contributed by atoms with Gasteiger partial charge in [0.25, 0.3) is 0 Å². The van der Waals surface area contributed by atoms with Gasteiger partial charge in [-0.2, -0.15) is 0 Å². The molecule has 1 aromatic rings. The van der Waals surface area contributed by atoms with E-state index in [1.165, 1.54) is 6.07 Å². The molecule has 5 nitrogen and oxygen atoms in total. The van der Waals surface area contributed by atoms with Gasteiger partial charge in [-0.25, -0.2) is 4.79 Å². The average molecular weight is 213 g/mol. The number of furan rings is 1. The maximum Gasteiger partial charge on any atom is 0.371 e. The zero-order valence-corrected chi connectivity index (χ0v) is 8.56. The van der Waals surface area contributed by atoms with E-state index in [-0.39, 0.29) is 11.9 Å². The Hall–Kier alpha value is -1.49. The number of aromatic carboxylic acids is 1. The van der Waals surface area contributed by atoms with Crippen molar-refractivity contribution in [2.45, 2.75) is 25.9 Å². The van der Waals surface area contributed by atoms with Gasteiger partial charge < -0.3 is 19.9 Å². The Kier molecular flexibility index (Phi) is 4.17. The van der Waals surface area contributed by atoms with Crippen LogP contribution in [0.1, 0.15) is 30.3 Å². The Balaban J connectivity index is 2.35. The van der Waals surface area contributed by atoms with E-state index in [4.69, 9.17) is 9.52 Å². The first-order valence-electron chi connectivity index (χ1n) is 4.88. The second-order valence-electron chi connectivity index (χ2n) is 3.25. The van der Waals surface area contributed by atoms with E-state index in [2.05, 4.69) is 5.32 Å². The summed E-state index contributed by atoms with van der Waals surface area (Å²) in [5.74, 6) is -0.763. The fraction of sp³-hybridized carbons (Fsp3) is 0.500. The van der Waals surface area contributed by atoms with Gasteiger partial charge >= 0.3 is 5.97 Å². The molecule has 5 heteroatoms. The van der Waals surface area contributed by atoms with Crippen LogP contribution in [0, 0.1) is 0 Å². The van der Waals surface area contributed by atoms with Crippen LogP contribution in [0.2, 0.25) is 0 Å². The normalized spacial score (nSPS) is 12.4. The van der Waals surface area contributed by atoms with Crippen LogP contribution in [0.3, 0.4) is 0 Å². The van der Waals surface area contributed by atoms with Crippen molar-refractivity contribution in [3.8, 4) is 0 Å². The van der Waals surface area contributed by atoms with Crippen molar-refractivity contribution in [2.75, 3.05) is 11.9 Å². The Morgan fingerprint density at radius 3 is 2.87 bits per heavy atom. The van der Waals surface area contributed by atoms with Crippen molar-refractivity contribution in [1.82, 2.24) is 0 Å². The average Bonchev–Trinajstić information content (AvgIpc) is 2.66. The minimum Gasteiger partial charge on any atom is -0.475 e. The lowest BCUT2D eigenvalue weighted by Crippen LogP contribution is -2.11. The first-order valence-corrected chi connectivity index (χ1v) is 4.88. The second kappa shape index (κ2) is 5.41. The number of hydrogen-bond donors (Lipinski definition) is 3. The Morgan fingerprint density at radius 2 is 2.33 bits per heavy atom. The van der Waals surface area contributed by atoms with Crippen molar-refractivity contribution < 1.29 is 19.4 Å². The van der Waals surface area contributed by atoms with Gasteiger partial charge in [0.2, 0.25) is 5.76 Å². The van der Waals surface area contributed by atoms with Gasteiger partial charge in [-0.05, 0) is 18.9 Å².